The monoisotopic (exact) mass is 406 g/mol. The van der Waals surface area contributed by atoms with E-state index in [2.05, 4.69) is 5.32 Å². The van der Waals surface area contributed by atoms with E-state index in [-0.39, 0.29) is 23.8 Å². The average molecular weight is 406 g/mol. The summed E-state index contributed by atoms with van der Waals surface area (Å²) in [5.74, 6) is -0.634. The highest BCUT2D eigenvalue weighted by Gasteiger charge is 2.19. The number of amides is 2. The molecule has 3 rings (SSSR count). The van der Waals surface area contributed by atoms with E-state index in [0.717, 1.165) is 0 Å². The Bertz CT molecular complexity index is 1080. The second-order valence-corrected chi connectivity index (χ2v) is 6.54. The van der Waals surface area contributed by atoms with Gasteiger partial charge in [-0.1, -0.05) is 30.3 Å². The molecule has 0 saturated carbocycles. The first-order valence-corrected chi connectivity index (χ1v) is 9.20. The number of carbonyl (C=O) groups is 2. The minimum absolute atomic E-state index is 0.125. The van der Waals surface area contributed by atoms with Crippen LogP contribution in [-0.2, 0) is 6.61 Å². The van der Waals surface area contributed by atoms with Crippen molar-refractivity contribution in [2.75, 3.05) is 24.4 Å². The summed E-state index contributed by atoms with van der Waals surface area (Å²) < 4.78 is 5.35. The summed E-state index contributed by atoms with van der Waals surface area (Å²) in [6.07, 6.45) is 0. The molecule has 7 heteroatoms. The van der Waals surface area contributed by atoms with Crippen LogP contribution in [-0.4, -0.2) is 36.2 Å². The highest BCUT2D eigenvalue weighted by Crippen LogP contribution is 2.29. The molecule has 3 aromatic rings. The lowest BCUT2D eigenvalue weighted by atomic mass is 10.1. The molecule has 0 saturated heterocycles. The molecule has 3 aromatic carbocycles. The Morgan fingerprint density at radius 1 is 1.03 bits per heavy atom. The first-order valence-electron chi connectivity index (χ1n) is 9.20. The third kappa shape index (κ3) is 4.26. The van der Waals surface area contributed by atoms with E-state index in [9.17, 15) is 19.8 Å². The molecule has 7 nitrogen and oxygen atoms in total. The summed E-state index contributed by atoms with van der Waals surface area (Å²) in [5.41, 5.74) is 2.07. The molecule has 0 heterocycles. The van der Waals surface area contributed by atoms with E-state index in [0.29, 0.717) is 28.3 Å². The van der Waals surface area contributed by atoms with Crippen LogP contribution in [0.2, 0.25) is 0 Å². The van der Waals surface area contributed by atoms with Gasteiger partial charge in [0.25, 0.3) is 11.8 Å². The molecule has 0 aromatic heterocycles. The molecular weight excluding hydrogens is 384 g/mol. The Kier molecular flexibility index (Phi) is 6.34. The molecule has 0 aliphatic heterocycles. The van der Waals surface area contributed by atoms with Crippen molar-refractivity contribution in [2.24, 2.45) is 0 Å². The smallest absolute Gasteiger partial charge is 0.259 e. The van der Waals surface area contributed by atoms with Gasteiger partial charge in [-0.2, -0.15) is 0 Å². The largest absolute Gasteiger partial charge is 0.507 e. The Morgan fingerprint density at radius 3 is 2.43 bits per heavy atom. The van der Waals surface area contributed by atoms with Gasteiger partial charge in [-0.25, -0.2) is 0 Å². The molecule has 0 atom stereocenters. The molecule has 0 bridgehead atoms. The number of phenols is 1. The first kappa shape index (κ1) is 20.9. The van der Waals surface area contributed by atoms with Gasteiger partial charge in [0.2, 0.25) is 0 Å². The number of nitrogens with one attached hydrogen (secondary N) is 1. The number of rotatable bonds is 6. The fourth-order valence-electron chi connectivity index (χ4n) is 3.06. The van der Waals surface area contributed by atoms with Gasteiger partial charge in [-0.3, -0.25) is 9.59 Å². The predicted molar refractivity (Wildman–Crippen MR) is 114 cm³/mol. The van der Waals surface area contributed by atoms with Crippen LogP contribution in [0.1, 0.15) is 26.3 Å². The van der Waals surface area contributed by atoms with Crippen molar-refractivity contribution >= 4 is 23.2 Å². The van der Waals surface area contributed by atoms with Crippen molar-refractivity contribution in [3.63, 3.8) is 0 Å². The van der Waals surface area contributed by atoms with E-state index in [1.807, 2.05) is 0 Å². The van der Waals surface area contributed by atoms with Crippen LogP contribution in [0.25, 0.3) is 0 Å². The van der Waals surface area contributed by atoms with E-state index in [1.165, 1.54) is 30.2 Å². The fraction of sp³-hybridized carbons (Fsp3) is 0.130. The number of methoxy groups -OCH3 is 1. The Hall–Kier alpha value is -3.84. The molecule has 30 heavy (non-hydrogen) atoms. The second-order valence-electron chi connectivity index (χ2n) is 6.54. The minimum atomic E-state index is -0.500. The fourth-order valence-corrected chi connectivity index (χ4v) is 3.06. The van der Waals surface area contributed by atoms with Crippen LogP contribution in [0.15, 0.2) is 66.7 Å². The third-order valence-electron chi connectivity index (χ3n) is 4.67. The topological polar surface area (TPSA) is 99.1 Å². The number of phenolic OH excluding ortho intramolecular Hbond substituents is 1. The van der Waals surface area contributed by atoms with Gasteiger partial charge in [0.05, 0.1) is 25.0 Å². The van der Waals surface area contributed by atoms with Crippen molar-refractivity contribution in [1.82, 2.24) is 0 Å². The standard InChI is InChI=1S/C23H22N2O5/c1-25(19-9-5-3-7-16(19)14-26)23(29)15-11-12-18(21(13-15)30-2)24-22(28)17-8-4-6-10-20(17)27/h3-13,26-27H,14H2,1-2H3,(H,24,28). The van der Waals surface area contributed by atoms with E-state index >= 15 is 0 Å². The highest BCUT2D eigenvalue weighted by molar-refractivity contribution is 6.09. The Morgan fingerprint density at radius 2 is 1.73 bits per heavy atom. The van der Waals surface area contributed by atoms with Crippen molar-refractivity contribution in [1.29, 1.82) is 0 Å². The van der Waals surface area contributed by atoms with Gasteiger partial charge in [-0.15, -0.1) is 0 Å². The van der Waals surface area contributed by atoms with Crippen LogP contribution in [0.5, 0.6) is 11.5 Å². The van der Waals surface area contributed by atoms with Crippen molar-refractivity contribution < 1.29 is 24.5 Å². The molecule has 0 aliphatic carbocycles. The number of aliphatic hydroxyl groups excluding tert-OH is 1. The van der Waals surface area contributed by atoms with Gasteiger partial charge >= 0.3 is 0 Å². The van der Waals surface area contributed by atoms with Crippen LogP contribution >= 0.6 is 0 Å². The molecular formula is C23H22N2O5. The molecule has 0 unspecified atom stereocenters. The minimum Gasteiger partial charge on any atom is -0.507 e. The van der Waals surface area contributed by atoms with Crippen LogP contribution < -0.4 is 15.0 Å². The lowest BCUT2D eigenvalue weighted by Crippen LogP contribution is -2.27. The van der Waals surface area contributed by atoms with Crippen molar-refractivity contribution in [3.8, 4) is 11.5 Å². The van der Waals surface area contributed by atoms with Gasteiger partial charge < -0.3 is 25.2 Å². The lowest BCUT2D eigenvalue weighted by Gasteiger charge is -2.21. The number of anilines is 2. The zero-order valence-corrected chi connectivity index (χ0v) is 16.6. The number of ether oxygens (including phenoxy) is 1. The summed E-state index contributed by atoms with van der Waals surface area (Å²) in [4.78, 5) is 26.9. The maximum absolute atomic E-state index is 12.9. The summed E-state index contributed by atoms with van der Waals surface area (Å²) in [6.45, 7) is -0.186. The van der Waals surface area contributed by atoms with Gasteiger partial charge in [0, 0.05) is 23.9 Å². The van der Waals surface area contributed by atoms with Crippen molar-refractivity contribution in [2.45, 2.75) is 6.61 Å². The van der Waals surface area contributed by atoms with E-state index in [4.69, 9.17) is 4.74 Å². The summed E-state index contributed by atoms with van der Waals surface area (Å²) >= 11 is 0. The van der Waals surface area contributed by atoms with Gasteiger partial charge in [-0.05, 0) is 36.4 Å². The maximum Gasteiger partial charge on any atom is 0.259 e. The molecule has 0 fully saturated rings. The second kappa shape index (κ2) is 9.11. The highest BCUT2D eigenvalue weighted by atomic mass is 16.5. The molecule has 0 aliphatic rings. The predicted octanol–water partition coefficient (Wildman–Crippen LogP) is 3.42. The summed E-state index contributed by atoms with van der Waals surface area (Å²) in [5, 5.41) is 22.1. The number of hydrogen-bond donors (Lipinski definition) is 3. The summed E-state index contributed by atoms with van der Waals surface area (Å²) in [6, 6.07) is 17.9. The SMILES string of the molecule is COc1cc(C(=O)N(C)c2ccccc2CO)ccc1NC(=O)c1ccccc1O. The number of hydrogen-bond acceptors (Lipinski definition) is 5. The number of benzene rings is 3. The zero-order valence-electron chi connectivity index (χ0n) is 16.6. The summed E-state index contributed by atoms with van der Waals surface area (Å²) in [7, 11) is 3.06. The number of nitrogens with zero attached hydrogens (tertiary/aromatic N) is 1. The van der Waals surface area contributed by atoms with Crippen LogP contribution in [0, 0.1) is 0 Å². The van der Waals surface area contributed by atoms with E-state index < -0.39 is 5.91 Å². The lowest BCUT2D eigenvalue weighted by molar-refractivity contribution is 0.0991. The van der Waals surface area contributed by atoms with Crippen LogP contribution in [0.4, 0.5) is 11.4 Å². The first-order chi connectivity index (χ1) is 14.5. The van der Waals surface area contributed by atoms with Crippen molar-refractivity contribution in [3.05, 3.63) is 83.4 Å². The molecule has 2 amide bonds. The van der Waals surface area contributed by atoms with Crippen LogP contribution in [0.3, 0.4) is 0 Å². The number of para-hydroxylation sites is 2. The molecule has 0 radical (unpaired) electrons. The number of carbonyl (C=O) groups excluding carboxylic acids is 2. The third-order valence-corrected chi connectivity index (χ3v) is 4.67. The Labute approximate surface area is 174 Å². The average Bonchev–Trinajstić information content (AvgIpc) is 2.78. The van der Waals surface area contributed by atoms with Gasteiger partial charge in [0.15, 0.2) is 0 Å². The molecule has 0 spiro atoms. The maximum atomic E-state index is 12.9. The van der Waals surface area contributed by atoms with Gasteiger partial charge in [0.1, 0.15) is 11.5 Å². The molecule has 154 valence electrons. The normalized spacial score (nSPS) is 10.4. The molecule has 3 N–H and O–H groups in total. The van der Waals surface area contributed by atoms with E-state index in [1.54, 1.807) is 55.6 Å². The quantitative estimate of drug-likeness (QED) is 0.583. The number of aromatic hydroxyl groups is 1. The Balaban J connectivity index is 1.85. The zero-order chi connectivity index (χ0) is 21.7. The number of aliphatic hydroxyl groups is 1.